The zero-order valence-electron chi connectivity index (χ0n) is 10.1. The highest BCUT2D eigenvalue weighted by Gasteiger charge is 2.24. The van der Waals surface area contributed by atoms with Crippen molar-refractivity contribution in [3.63, 3.8) is 0 Å². The molecule has 6 nitrogen and oxygen atoms in total. The van der Waals surface area contributed by atoms with E-state index >= 15 is 0 Å². The van der Waals surface area contributed by atoms with Gasteiger partial charge < -0.3 is 9.84 Å². The van der Waals surface area contributed by atoms with Crippen molar-refractivity contribution < 1.29 is 18.3 Å². The number of rotatable bonds is 3. The van der Waals surface area contributed by atoms with Gasteiger partial charge in [-0.05, 0) is 30.7 Å². The molecular formula is C11H16N2O4S. The number of morpholine rings is 1. The number of benzene rings is 1. The van der Waals surface area contributed by atoms with E-state index < -0.39 is 10.2 Å². The standard InChI is InChI=1S/C11H16N2O4S/c1-9-8-10(14)2-3-11(9)12-18(15,16)13-4-6-17-7-5-13/h2-3,8,12,14H,4-7H2,1H3. The van der Waals surface area contributed by atoms with Gasteiger partial charge in [0.05, 0.1) is 18.9 Å². The van der Waals surface area contributed by atoms with Gasteiger partial charge in [-0.15, -0.1) is 0 Å². The highest BCUT2D eigenvalue weighted by atomic mass is 32.2. The summed E-state index contributed by atoms with van der Waals surface area (Å²) in [4.78, 5) is 0. The number of phenolic OH excluding ortho intramolecular Hbond substituents is 1. The Kier molecular flexibility index (Phi) is 3.74. The number of hydrogen-bond acceptors (Lipinski definition) is 4. The number of ether oxygens (including phenoxy) is 1. The minimum atomic E-state index is -3.55. The molecule has 1 fully saturated rings. The van der Waals surface area contributed by atoms with Gasteiger partial charge in [0.15, 0.2) is 0 Å². The van der Waals surface area contributed by atoms with Gasteiger partial charge in [0.1, 0.15) is 5.75 Å². The van der Waals surface area contributed by atoms with Crippen LogP contribution >= 0.6 is 0 Å². The summed E-state index contributed by atoms with van der Waals surface area (Å²) in [5.74, 6) is 0.113. The quantitative estimate of drug-likeness (QED) is 0.793. The molecule has 0 bridgehead atoms. The van der Waals surface area contributed by atoms with Crippen LogP contribution in [-0.4, -0.2) is 44.1 Å². The monoisotopic (exact) mass is 272 g/mol. The van der Waals surface area contributed by atoms with E-state index in [0.29, 0.717) is 37.6 Å². The fraction of sp³-hybridized carbons (Fsp3) is 0.455. The average molecular weight is 272 g/mol. The van der Waals surface area contributed by atoms with Crippen LogP contribution in [0.25, 0.3) is 0 Å². The van der Waals surface area contributed by atoms with E-state index in [9.17, 15) is 13.5 Å². The first kappa shape index (κ1) is 13.1. The molecule has 1 aliphatic rings. The molecule has 0 unspecified atom stereocenters. The fourth-order valence-electron chi connectivity index (χ4n) is 1.75. The van der Waals surface area contributed by atoms with Gasteiger partial charge in [0.2, 0.25) is 0 Å². The fourth-order valence-corrected chi connectivity index (χ4v) is 3.02. The van der Waals surface area contributed by atoms with E-state index in [1.54, 1.807) is 13.0 Å². The Morgan fingerprint density at radius 3 is 2.61 bits per heavy atom. The lowest BCUT2D eigenvalue weighted by atomic mass is 10.2. The summed E-state index contributed by atoms with van der Waals surface area (Å²) in [6.45, 7) is 3.26. The van der Waals surface area contributed by atoms with Gasteiger partial charge in [0, 0.05) is 13.1 Å². The summed E-state index contributed by atoms with van der Waals surface area (Å²) in [7, 11) is -3.55. The summed E-state index contributed by atoms with van der Waals surface area (Å²) in [6, 6.07) is 4.50. The van der Waals surface area contributed by atoms with Crippen LogP contribution in [-0.2, 0) is 14.9 Å². The Balaban J connectivity index is 2.16. The van der Waals surface area contributed by atoms with E-state index in [-0.39, 0.29) is 5.75 Å². The van der Waals surface area contributed by atoms with Crippen LogP contribution in [0.1, 0.15) is 5.56 Å². The molecule has 1 aromatic rings. The molecule has 1 aliphatic heterocycles. The third-order valence-corrected chi connectivity index (χ3v) is 4.28. The molecule has 1 heterocycles. The number of nitrogens with one attached hydrogen (secondary N) is 1. The van der Waals surface area contributed by atoms with Crippen LogP contribution in [0.3, 0.4) is 0 Å². The van der Waals surface area contributed by atoms with E-state index in [4.69, 9.17) is 4.74 Å². The lowest BCUT2D eigenvalue weighted by molar-refractivity contribution is 0.0733. The first-order valence-electron chi connectivity index (χ1n) is 5.64. The zero-order valence-corrected chi connectivity index (χ0v) is 10.9. The van der Waals surface area contributed by atoms with Crippen LogP contribution in [0.5, 0.6) is 5.75 Å². The molecule has 0 aromatic heterocycles. The van der Waals surface area contributed by atoms with Gasteiger partial charge in [-0.1, -0.05) is 0 Å². The molecule has 18 heavy (non-hydrogen) atoms. The number of anilines is 1. The molecule has 2 N–H and O–H groups in total. The Hall–Kier alpha value is -1.31. The van der Waals surface area contributed by atoms with Gasteiger partial charge in [-0.25, -0.2) is 0 Å². The van der Waals surface area contributed by atoms with Gasteiger partial charge in [0.25, 0.3) is 0 Å². The molecule has 2 rings (SSSR count). The molecule has 1 saturated heterocycles. The number of aryl methyl sites for hydroxylation is 1. The van der Waals surface area contributed by atoms with Crippen LogP contribution in [0, 0.1) is 6.92 Å². The molecule has 0 radical (unpaired) electrons. The van der Waals surface area contributed by atoms with Crippen molar-refractivity contribution in [3.05, 3.63) is 23.8 Å². The summed E-state index contributed by atoms with van der Waals surface area (Å²) < 4.78 is 33.2. The Labute approximate surface area is 106 Å². The second kappa shape index (κ2) is 5.13. The summed E-state index contributed by atoms with van der Waals surface area (Å²) >= 11 is 0. The average Bonchev–Trinajstić information content (AvgIpc) is 2.34. The van der Waals surface area contributed by atoms with E-state index in [0.717, 1.165) is 0 Å². The minimum Gasteiger partial charge on any atom is -0.508 e. The minimum absolute atomic E-state index is 0.113. The predicted molar refractivity (Wildman–Crippen MR) is 67.8 cm³/mol. The predicted octanol–water partition coefficient (Wildman–Crippen LogP) is 0.690. The Morgan fingerprint density at radius 1 is 1.33 bits per heavy atom. The van der Waals surface area contributed by atoms with Crippen LogP contribution in [0.2, 0.25) is 0 Å². The molecule has 1 aromatic carbocycles. The zero-order chi connectivity index (χ0) is 13.2. The highest BCUT2D eigenvalue weighted by molar-refractivity contribution is 7.90. The van der Waals surface area contributed by atoms with Crippen molar-refractivity contribution in [2.24, 2.45) is 0 Å². The normalized spacial score (nSPS) is 17.6. The van der Waals surface area contributed by atoms with E-state index in [2.05, 4.69) is 4.72 Å². The molecular weight excluding hydrogens is 256 g/mol. The maximum absolute atomic E-state index is 12.1. The second-order valence-electron chi connectivity index (χ2n) is 4.12. The van der Waals surface area contributed by atoms with E-state index in [1.165, 1.54) is 16.4 Å². The summed E-state index contributed by atoms with van der Waals surface area (Å²) in [6.07, 6.45) is 0. The lowest BCUT2D eigenvalue weighted by Crippen LogP contribution is -2.43. The van der Waals surface area contributed by atoms with E-state index in [1.807, 2.05) is 0 Å². The SMILES string of the molecule is Cc1cc(O)ccc1NS(=O)(=O)N1CCOCC1. The summed E-state index contributed by atoms with van der Waals surface area (Å²) in [5, 5.41) is 9.28. The van der Waals surface area contributed by atoms with Gasteiger partial charge in [-0.3, -0.25) is 4.72 Å². The molecule has 0 spiro atoms. The van der Waals surface area contributed by atoms with Crippen LogP contribution < -0.4 is 4.72 Å². The van der Waals surface area contributed by atoms with Crippen molar-refractivity contribution in [1.82, 2.24) is 4.31 Å². The highest BCUT2D eigenvalue weighted by Crippen LogP contribution is 2.22. The summed E-state index contributed by atoms with van der Waals surface area (Å²) in [5.41, 5.74) is 1.14. The molecule has 7 heteroatoms. The third kappa shape index (κ3) is 2.92. The molecule has 0 aliphatic carbocycles. The topological polar surface area (TPSA) is 78.9 Å². The van der Waals surface area contributed by atoms with Crippen molar-refractivity contribution >= 4 is 15.9 Å². The Bertz CT molecular complexity index is 524. The third-order valence-electron chi connectivity index (χ3n) is 2.76. The maximum atomic E-state index is 12.1. The van der Waals surface area contributed by atoms with Crippen molar-refractivity contribution in [2.45, 2.75) is 6.92 Å². The van der Waals surface area contributed by atoms with Gasteiger partial charge >= 0.3 is 10.2 Å². The van der Waals surface area contributed by atoms with Crippen LogP contribution in [0.4, 0.5) is 5.69 Å². The smallest absolute Gasteiger partial charge is 0.301 e. The first-order chi connectivity index (χ1) is 8.49. The number of hydrogen-bond donors (Lipinski definition) is 2. The van der Waals surface area contributed by atoms with Crippen LogP contribution in [0.15, 0.2) is 18.2 Å². The van der Waals surface area contributed by atoms with Crippen molar-refractivity contribution in [2.75, 3.05) is 31.0 Å². The number of nitrogens with zero attached hydrogens (tertiary/aromatic N) is 1. The number of aromatic hydroxyl groups is 1. The molecule has 100 valence electrons. The Morgan fingerprint density at radius 2 is 2.00 bits per heavy atom. The maximum Gasteiger partial charge on any atom is 0.301 e. The molecule has 0 atom stereocenters. The van der Waals surface area contributed by atoms with Crippen molar-refractivity contribution in [1.29, 1.82) is 0 Å². The molecule has 0 amide bonds. The lowest BCUT2D eigenvalue weighted by Gasteiger charge is -2.26. The largest absolute Gasteiger partial charge is 0.508 e. The molecule has 0 saturated carbocycles. The second-order valence-corrected chi connectivity index (χ2v) is 5.79. The van der Waals surface area contributed by atoms with Crippen molar-refractivity contribution in [3.8, 4) is 5.75 Å². The van der Waals surface area contributed by atoms with Gasteiger partial charge in [-0.2, -0.15) is 12.7 Å². The first-order valence-corrected chi connectivity index (χ1v) is 7.08. The number of phenols is 1.